The van der Waals surface area contributed by atoms with Gasteiger partial charge in [-0.15, -0.1) is 11.8 Å². The van der Waals surface area contributed by atoms with Crippen LogP contribution < -0.4 is 15.2 Å². The number of aromatic nitrogens is 1. The molecule has 2 aromatic carbocycles. The molecule has 12 heteroatoms. The predicted molar refractivity (Wildman–Crippen MR) is 136 cm³/mol. The first kappa shape index (κ1) is 26.2. The first-order valence-electron chi connectivity index (χ1n) is 11.6. The van der Waals surface area contributed by atoms with Crippen LogP contribution in [0.3, 0.4) is 0 Å². The number of pyridine rings is 1. The van der Waals surface area contributed by atoms with Crippen LogP contribution in [-0.4, -0.2) is 40.3 Å². The van der Waals surface area contributed by atoms with E-state index in [0.29, 0.717) is 15.7 Å². The summed E-state index contributed by atoms with van der Waals surface area (Å²) in [5, 5.41) is 2.08. The second-order valence-corrected chi connectivity index (χ2v) is 10.4. The SMILES string of the molecule is CC(=O)Oc1c2n(ccc1=O)N([C@@H]1c3ccc(Cl)cc3CSc3ccccc31)CN([C@H](C)C(F)(F)F)C2=O. The molecule has 2 aliphatic heterocycles. The number of rotatable bonds is 3. The first-order valence-corrected chi connectivity index (χ1v) is 12.9. The van der Waals surface area contributed by atoms with Gasteiger partial charge in [-0.25, -0.2) is 0 Å². The van der Waals surface area contributed by atoms with Crippen molar-refractivity contribution < 1.29 is 27.5 Å². The lowest BCUT2D eigenvalue weighted by atomic mass is 9.94. The van der Waals surface area contributed by atoms with E-state index in [1.165, 1.54) is 10.9 Å². The van der Waals surface area contributed by atoms with Crippen LogP contribution in [0.2, 0.25) is 5.02 Å². The molecule has 0 unspecified atom stereocenters. The van der Waals surface area contributed by atoms with Gasteiger partial charge in [0.2, 0.25) is 11.2 Å². The molecule has 0 bridgehead atoms. The fraction of sp³-hybridized carbons (Fsp3) is 0.269. The Morgan fingerprint density at radius 1 is 1.13 bits per heavy atom. The van der Waals surface area contributed by atoms with Gasteiger partial charge in [0.25, 0.3) is 5.91 Å². The molecule has 2 aliphatic rings. The molecule has 1 aromatic heterocycles. The summed E-state index contributed by atoms with van der Waals surface area (Å²) in [5.41, 5.74) is 1.19. The number of carbonyl (C=O) groups excluding carboxylic acids is 2. The van der Waals surface area contributed by atoms with Crippen molar-refractivity contribution in [3.8, 4) is 5.75 Å². The van der Waals surface area contributed by atoms with E-state index in [9.17, 15) is 27.6 Å². The highest BCUT2D eigenvalue weighted by molar-refractivity contribution is 7.98. The topological polar surface area (TPSA) is 71.8 Å². The van der Waals surface area contributed by atoms with Crippen molar-refractivity contribution >= 4 is 35.2 Å². The average molecular weight is 564 g/mol. The van der Waals surface area contributed by atoms with E-state index < -0.39 is 53.7 Å². The van der Waals surface area contributed by atoms with Crippen molar-refractivity contribution in [1.82, 2.24) is 9.58 Å². The minimum absolute atomic E-state index is 0.458. The second-order valence-electron chi connectivity index (χ2n) is 8.94. The van der Waals surface area contributed by atoms with Crippen molar-refractivity contribution in [2.45, 2.75) is 42.8 Å². The Labute approximate surface area is 224 Å². The van der Waals surface area contributed by atoms with Crippen LogP contribution in [0, 0.1) is 0 Å². The van der Waals surface area contributed by atoms with E-state index in [-0.39, 0.29) is 0 Å². The van der Waals surface area contributed by atoms with Gasteiger partial charge in [0.15, 0.2) is 5.69 Å². The van der Waals surface area contributed by atoms with Gasteiger partial charge >= 0.3 is 12.1 Å². The number of amides is 1. The van der Waals surface area contributed by atoms with Crippen molar-refractivity contribution in [2.75, 3.05) is 11.7 Å². The Morgan fingerprint density at radius 3 is 2.58 bits per heavy atom. The van der Waals surface area contributed by atoms with Crippen molar-refractivity contribution in [1.29, 1.82) is 0 Å². The Balaban J connectivity index is 1.80. The number of ether oxygens (including phenoxy) is 1. The lowest BCUT2D eigenvalue weighted by Crippen LogP contribution is -2.60. The lowest BCUT2D eigenvalue weighted by Gasteiger charge is -2.46. The van der Waals surface area contributed by atoms with Crippen LogP contribution in [0.4, 0.5) is 13.2 Å². The second kappa shape index (κ2) is 9.70. The predicted octanol–water partition coefficient (Wildman–Crippen LogP) is 5.12. The Hall–Kier alpha value is -3.44. The zero-order valence-corrected chi connectivity index (χ0v) is 21.7. The van der Waals surface area contributed by atoms with Crippen LogP contribution in [0.1, 0.15) is 47.1 Å². The molecule has 0 fully saturated rings. The standard InChI is InChI=1S/C26H21ClF3N3O4S/c1-14(26(28,29)30)31-13-33(32-10-9-20(35)24(37-15(2)34)23(32)25(31)36)22-18-8-7-17(27)11-16(18)12-38-21-6-4-3-5-19(21)22/h3-11,14,22H,12-13H2,1-2H3/t14-,22-/m1/s1. The van der Waals surface area contributed by atoms with Gasteiger partial charge in [-0.2, -0.15) is 13.2 Å². The van der Waals surface area contributed by atoms with Gasteiger partial charge in [-0.1, -0.05) is 35.9 Å². The summed E-state index contributed by atoms with van der Waals surface area (Å²) in [4.78, 5) is 39.6. The molecule has 38 heavy (non-hydrogen) atoms. The largest absolute Gasteiger partial charge is 0.420 e. The number of benzene rings is 2. The molecule has 0 saturated heterocycles. The summed E-state index contributed by atoms with van der Waals surface area (Å²) < 4.78 is 48.2. The van der Waals surface area contributed by atoms with Crippen LogP contribution in [-0.2, 0) is 10.5 Å². The average Bonchev–Trinajstić information content (AvgIpc) is 3.01. The molecule has 1 amide bonds. The Morgan fingerprint density at radius 2 is 1.87 bits per heavy atom. The number of alkyl halides is 3. The number of hydrogen-bond acceptors (Lipinski definition) is 6. The summed E-state index contributed by atoms with van der Waals surface area (Å²) in [5.74, 6) is -2.02. The number of fused-ring (bicyclic) bond motifs is 3. The molecular weight excluding hydrogens is 543 g/mol. The molecule has 3 aromatic rings. The molecule has 7 nitrogen and oxygen atoms in total. The molecule has 5 rings (SSSR count). The maximum absolute atomic E-state index is 13.9. The minimum atomic E-state index is -4.75. The zero-order chi connectivity index (χ0) is 27.4. The smallest absolute Gasteiger partial charge is 0.408 e. The highest BCUT2D eigenvalue weighted by Gasteiger charge is 2.48. The van der Waals surface area contributed by atoms with Gasteiger partial charge in [0.05, 0.1) is 6.04 Å². The van der Waals surface area contributed by atoms with Crippen LogP contribution in [0.5, 0.6) is 5.75 Å². The fourth-order valence-electron chi connectivity index (χ4n) is 4.71. The molecule has 0 radical (unpaired) electrons. The van der Waals surface area contributed by atoms with Gasteiger partial charge < -0.3 is 9.64 Å². The normalized spacial score (nSPS) is 17.7. The monoisotopic (exact) mass is 563 g/mol. The van der Waals surface area contributed by atoms with E-state index in [1.54, 1.807) is 22.8 Å². The van der Waals surface area contributed by atoms with E-state index in [4.69, 9.17) is 16.3 Å². The minimum Gasteiger partial charge on any atom is -0.420 e. The van der Waals surface area contributed by atoms with Crippen molar-refractivity contribution in [2.24, 2.45) is 0 Å². The Kier molecular flexibility index (Phi) is 6.68. The summed E-state index contributed by atoms with van der Waals surface area (Å²) in [6.45, 7) is 1.47. The number of thioether (sulfide) groups is 1. The molecular formula is C26H21ClF3N3O4S. The lowest BCUT2D eigenvalue weighted by molar-refractivity contribution is -0.173. The molecule has 0 aliphatic carbocycles. The number of halogens is 4. The number of hydrogen-bond donors (Lipinski definition) is 0. The number of carbonyl (C=O) groups is 2. The third-order valence-corrected chi connectivity index (χ3v) is 7.93. The summed E-state index contributed by atoms with van der Waals surface area (Å²) >= 11 is 7.85. The third-order valence-electron chi connectivity index (χ3n) is 6.55. The number of nitrogens with zero attached hydrogens (tertiary/aromatic N) is 3. The third kappa shape index (κ3) is 4.54. The first-order chi connectivity index (χ1) is 18.0. The van der Waals surface area contributed by atoms with E-state index >= 15 is 0 Å². The quantitative estimate of drug-likeness (QED) is 0.412. The van der Waals surface area contributed by atoms with Crippen LogP contribution in [0.15, 0.2) is 64.4 Å². The summed E-state index contributed by atoms with van der Waals surface area (Å²) in [6.07, 6.45) is -3.43. The molecule has 198 valence electrons. The van der Waals surface area contributed by atoms with Gasteiger partial charge in [0.1, 0.15) is 12.7 Å². The van der Waals surface area contributed by atoms with Crippen molar-refractivity contribution in [3.05, 3.63) is 92.4 Å². The molecule has 3 heterocycles. The van der Waals surface area contributed by atoms with E-state index in [2.05, 4.69) is 0 Å². The van der Waals surface area contributed by atoms with E-state index in [1.807, 2.05) is 36.4 Å². The maximum Gasteiger partial charge on any atom is 0.408 e. The molecule has 0 spiro atoms. The van der Waals surface area contributed by atoms with Crippen LogP contribution >= 0.6 is 23.4 Å². The molecule has 0 N–H and O–H groups in total. The van der Waals surface area contributed by atoms with Crippen LogP contribution in [0.25, 0.3) is 0 Å². The highest BCUT2D eigenvalue weighted by Crippen LogP contribution is 2.44. The van der Waals surface area contributed by atoms with Crippen molar-refractivity contribution in [3.63, 3.8) is 0 Å². The summed E-state index contributed by atoms with van der Waals surface area (Å²) in [6, 6.07) is 11.1. The summed E-state index contributed by atoms with van der Waals surface area (Å²) in [7, 11) is 0. The Bertz CT molecular complexity index is 1510. The fourth-order valence-corrected chi connectivity index (χ4v) is 5.99. The maximum atomic E-state index is 13.9. The number of esters is 1. The zero-order valence-electron chi connectivity index (χ0n) is 20.2. The van der Waals surface area contributed by atoms with Gasteiger partial charge in [-0.05, 0) is 41.8 Å². The molecule has 0 saturated carbocycles. The van der Waals surface area contributed by atoms with Gasteiger partial charge in [-0.3, -0.25) is 24.1 Å². The molecule has 2 atom stereocenters. The van der Waals surface area contributed by atoms with Gasteiger partial charge in [0, 0.05) is 34.9 Å². The van der Waals surface area contributed by atoms with E-state index in [0.717, 1.165) is 41.5 Å². The highest BCUT2D eigenvalue weighted by atomic mass is 35.5.